The molecule has 3 rings (SSSR count). The van der Waals surface area contributed by atoms with Crippen LogP contribution in [-0.4, -0.2) is 39.1 Å². The number of likely N-dealkylation sites (tertiary alicyclic amines) is 1. The van der Waals surface area contributed by atoms with Crippen molar-refractivity contribution in [2.24, 2.45) is 0 Å². The molecule has 1 fully saturated rings. The van der Waals surface area contributed by atoms with Crippen LogP contribution in [0.5, 0.6) is 0 Å². The molecule has 0 aliphatic carbocycles. The lowest BCUT2D eigenvalue weighted by Crippen LogP contribution is -2.22. The van der Waals surface area contributed by atoms with Gasteiger partial charge in [-0.05, 0) is 25.9 Å². The Morgan fingerprint density at radius 3 is 3.00 bits per heavy atom. The lowest BCUT2D eigenvalue weighted by Gasteiger charge is -2.12. The van der Waals surface area contributed by atoms with Gasteiger partial charge in [-0.3, -0.25) is 14.3 Å². The molecule has 0 bridgehead atoms. The van der Waals surface area contributed by atoms with Crippen molar-refractivity contribution in [1.82, 2.24) is 19.5 Å². The Balaban J connectivity index is 1.78. The highest BCUT2D eigenvalue weighted by molar-refractivity contribution is 5.37. The Kier molecular flexibility index (Phi) is 2.68. The summed E-state index contributed by atoms with van der Waals surface area (Å²) in [5, 5.41) is 7.17. The van der Waals surface area contributed by atoms with Crippen LogP contribution in [0.2, 0.25) is 0 Å². The van der Waals surface area contributed by atoms with Gasteiger partial charge in [0.1, 0.15) is 11.5 Å². The van der Waals surface area contributed by atoms with Gasteiger partial charge in [-0.25, -0.2) is 0 Å². The second kappa shape index (κ2) is 4.33. The van der Waals surface area contributed by atoms with Gasteiger partial charge >= 0.3 is 0 Å². The van der Waals surface area contributed by atoms with Crippen molar-refractivity contribution < 1.29 is 0 Å². The molecule has 1 aliphatic heterocycles. The van der Waals surface area contributed by atoms with Gasteiger partial charge in [0.2, 0.25) is 0 Å². The van der Waals surface area contributed by atoms with Crippen molar-refractivity contribution in [3.63, 3.8) is 0 Å². The van der Waals surface area contributed by atoms with E-state index >= 15 is 0 Å². The molecule has 2 aromatic rings. The number of H-pyrrole nitrogens is 1. The topological polar surface area (TPSA) is 53.4 Å². The van der Waals surface area contributed by atoms with E-state index in [1.54, 1.807) is 18.3 Å². The van der Waals surface area contributed by atoms with E-state index in [0.717, 1.165) is 24.4 Å². The molecule has 0 saturated carbocycles. The van der Waals surface area contributed by atoms with E-state index in [2.05, 4.69) is 15.1 Å². The van der Waals surface area contributed by atoms with Crippen LogP contribution in [0.25, 0.3) is 5.65 Å². The van der Waals surface area contributed by atoms with E-state index in [-0.39, 0.29) is 5.43 Å². The highest BCUT2D eigenvalue weighted by Crippen LogP contribution is 2.08. The fourth-order valence-electron chi connectivity index (χ4n) is 2.41. The average Bonchev–Trinajstić information content (AvgIpc) is 2.94. The van der Waals surface area contributed by atoms with Crippen molar-refractivity contribution in [2.75, 3.05) is 19.6 Å². The summed E-state index contributed by atoms with van der Waals surface area (Å²) in [5.41, 5.74) is 0.786. The normalized spacial score (nSPS) is 16.9. The van der Waals surface area contributed by atoms with Crippen molar-refractivity contribution in [3.05, 3.63) is 34.4 Å². The van der Waals surface area contributed by atoms with Gasteiger partial charge in [0, 0.05) is 31.3 Å². The zero-order valence-electron chi connectivity index (χ0n) is 9.72. The second-order valence-electron chi connectivity index (χ2n) is 4.56. The van der Waals surface area contributed by atoms with Crippen molar-refractivity contribution in [2.45, 2.75) is 19.3 Å². The maximum atomic E-state index is 11.2. The largest absolute Gasteiger partial charge is 0.303 e. The lowest BCUT2D eigenvalue weighted by atomic mass is 10.3. The van der Waals surface area contributed by atoms with Crippen LogP contribution in [0.3, 0.4) is 0 Å². The first kappa shape index (κ1) is 10.5. The maximum Gasteiger partial charge on any atom is 0.183 e. The SMILES string of the molecule is O=c1ccn2c(CCN3CCCC3)n[nH]c2c1. The summed E-state index contributed by atoms with van der Waals surface area (Å²) in [6.45, 7) is 3.46. The summed E-state index contributed by atoms with van der Waals surface area (Å²) in [7, 11) is 0. The summed E-state index contributed by atoms with van der Waals surface area (Å²) in [6.07, 6.45) is 5.34. The molecule has 5 heteroatoms. The summed E-state index contributed by atoms with van der Waals surface area (Å²) in [4.78, 5) is 13.7. The number of fused-ring (bicyclic) bond motifs is 1. The lowest BCUT2D eigenvalue weighted by molar-refractivity contribution is 0.340. The van der Waals surface area contributed by atoms with Crippen LogP contribution in [0.1, 0.15) is 18.7 Å². The highest BCUT2D eigenvalue weighted by Gasteiger charge is 2.12. The van der Waals surface area contributed by atoms with E-state index in [0.29, 0.717) is 0 Å². The summed E-state index contributed by atoms with van der Waals surface area (Å²) < 4.78 is 1.96. The maximum absolute atomic E-state index is 11.2. The molecule has 1 saturated heterocycles. The molecule has 2 aromatic heterocycles. The molecule has 90 valence electrons. The zero-order valence-corrected chi connectivity index (χ0v) is 9.72. The van der Waals surface area contributed by atoms with Crippen LogP contribution in [-0.2, 0) is 6.42 Å². The number of rotatable bonds is 3. The molecule has 0 radical (unpaired) electrons. The molecule has 0 spiro atoms. The fraction of sp³-hybridized carbons (Fsp3) is 0.500. The predicted octanol–water partition coefficient (Wildman–Crippen LogP) is 0.661. The van der Waals surface area contributed by atoms with Crippen LogP contribution in [0, 0.1) is 0 Å². The Morgan fingerprint density at radius 1 is 1.35 bits per heavy atom. The molecular weight excluding hydrogens is 216 g/mol. The number of aromatic amines is 1. The third-order valence-electron chi connectivity index (χ3n) is 3.35. The summed E-state index contributed by atoms with van der Waals surface area (Å²) in [5.74, 6) is 0.993. The predicted molar refractivity (Wildman–Crippen MR) is 65.2 cm³/mol. The first-order chi connectivity index (χ1) is 8.33. The molecule has 0 atom stereocenters. The molecule has 0 aromatic carbocycles. The second-order valence-corrected chi connectivity index (χ2v) is 4.56. The van der Waals surface area contributed by atoms with Crippen LogP contribution in [0.15, 0.2) is 23.1 Å². The minimum absolute atomic E-state index is 0.0137. The van der Waals surface area contributed by atoms with Gasteiger partial charge in [-0.15, -0.1) is 0 Å². The first-order valence-electron chi connectivity index (χ1n) is 6.11. The molecule has 1 aliphatic rings. The van der Waals surface area contributed by atoms with Gasteiger partial charge in [-0.1, -0.05) is 0 Å². The third kappa shape index (κ3) is 2.10. The molecule has 5 nitrogen and oxygen atoms in total. The molecule has 3 heterocycles. The molecule has 0 unspecified atom stereocenters. The Morgan fingerprint density at radius 2 is 2.18 bits per heavy atom. The monoisotopic (exact) mass is 232 g/mol. The Labute approximate surface area is 99.1 Å². The van der Waals surface area contributed by atoms with Gasteiger partial charge in [0.15, 0.2) is 5.43 Å². The van der Waals surface area contributed by atoms with E-state index in [9.17, 15) is 4.79 Å². The van der Waals surface area contributed by atoms with Crippen LogP contribution in [0.4, 0.5) is 0 Å². The molecule has 0 amide bonds. The van der Waals surface area contributed by atoms with E-state index < -0.39 is 0 Å². The highest BCUT2D eigenvalue weighted by atomic mass is 16.1. The van der Waals surface area contributed by atoms with Gasteiger partial charge < -0.3 is 4.90 Å². The summed E-state index contributed by atoms with van der Waals surface area (Å²) >= 11 is 0. The van der Waals surface area contributed by atoms with Crippen molar-refractivity contribution in [1.29, 1.82) is 0 Å². The standard InChI is InChI=1S/C12H16N4O/c17-10-3-8-16-11(13-14-12(16)9-10)4-7-15-5-1-2-6-15/h3,8-9,14H,1-2,4-7H2. The van der Waals surface area contributed by atoms with Gasteiger partial charge in [0.25, 0.3) is 0 Å². The first-order valence-corrected chi connectivity index (χ1v) is 6.11. The minimum Gasteiger partial charge on any atom is -0.303 e. The van der Waals surface area contributed by atoms with Crippen LogP contribution < -0.4 is 5.43 Å². The van der Waals surface area contributed by atoms with Gasteiger partial charge in [-0.2, -0.15) is 5.10 Å². The van der Waals surface area contributed by atoms with E-state index in [4.69, 9.17) is 0 Å². The quantitative estimate of drug-likeness (QED) is 0.846. The number of hydrogen-bond acceptors (Lipinski definition) is 3. The van der Waals surface area contributed by atoms with Crippen molar-refractivity contribution >= 4 is 5.65 Å². The van der Waals surface area contributed by atoms with Crippen molar-refractivity contribution in [3.8, 4) is 0 Å². The summed E-state index contributed by atoms with van der Waals surface area (Å²) in [6, 6.07) is 3.15. The fourth-order valence-corrected chi connectivity index (χ4v) is 2.41. The zero-order chi connectivity index (χ0) is 11.7. The Bertz CT molecular complexity index is 565. The number of nitrogens with zero attached hydrogens (tertiary/aromatic N) is 3. The minimum atomic E-state index is 0.0137. The molecule has 17 heavy (non-hydrogen) atoms. The smallest absolute Gasteiger partial charge is 0.183 e. The molecular formula is C12H16N4O. The number of pyridine rings is 1. The number of aromatic nitrogens is 3. The van der Waals surface area contributed by atoms with E-state index in [1.807, 2.05) is 4.40 Å². The average molecular weight is 232 g/mol. The van der Waals surface area contributed by atoms with Crippen LogP contribution >= 0.6 is 0 Å². The Hall–Kier alpha value is -1.62. The van der Waals surface area contributed by atoms with Gasteiger partial charge in [0.05, 0.1) is 0 Å². The number of hydrogen-bond donors (Lipinski definition) is 1. The molecule has 1 N–H and O–H groups in total. The van der Waals surface area contributed by atoms with E-state index in [1.165, 1.54) is 25.9 Å². The third-order valence-corrected chi connectivity index (χ3v) is 3.35. The number of nitrogens with one attached hydrogen (secondary N) is 1.